The van der Waals surface area contributed by atoms with Crippen molar-refractivity contribution in [2.24, 2.45) is 5.92 Å². The lowest BCUT2D eigenvalue weighted by Crippen LogP contribution is -2.67. The molecule has 1 aromatic rings. The molecule has 4 heteroatoms. The van der Waals surface area contributed by atoms with Crippen molar-refractivity contribution in [3.63, 3.8) is 0 Å². The van der Waals surface area contributed by atoms with Gasteiger partial charge < -0.3 is 10.4 Å². The minimum atomic E-state index is 0.104. The Morgan fingerprint density at radius 2 is 1.89 bits per heavy atom. The number of nitrogens with zero attached hydrogens (tertiary/aromatic N) is 1. The molecule has 1 aliphatic heterocycles. The third-order valence-corrected chi connectivity index (χ3v) is 6.57. The molecular weight excluding hydrogens is 348 g/mol. The average molecular weight is 385 g/mol. The fourth-order valence-electron chi connectivity index (χ4n) is 5.02. The Kier molecular flexibility index (Phi) is 7.69. The van der Waals surface area contributed by atoms with E-state index in [1.54, 1.807) is 0 Å². The molecule has 0 unspecified atom stereocenters. The largest absolute Gasteiger partial charge is 0.395 e. The summed E-state index contributed by atoms with van der Waals surface area (Å²) in [5.74, 6) is 1.10. The van der Waals surface area contributed by atoms with E-state index in [-0.39, 0.29) is 30.5 Å². The number of likely N-dealkylation sites (tertiary alicyclic amines) is 1. The number of aliphatic hydroxyl groups is 1. The minimum absolute atomic E-state index is 0.104. The molecule has 28 heavy (non-hydrogen) atoms. The Balaban J connectivity index is 1.76. The van der Waals surface area contributed by atoms with Crippen molar-refractivity contribution in [3.05, 3.63) is 41.5 Å². The summed E-state index contributed by atoms with van der Waals surface area (Å²) in [5, 5.41) is 13.3. The monoisotopic (exact) mass is 384 g/mol. The van der Waals surface area contributed by atoms with Crippen molar-refractivity contribution in [1.29, 1.82) is 0 Å². The predicted octanol–water partition coefficient (Wildman–Crippen LogP) is 3.95. The molecule has 0 bridgehead atoms. The Bertz CT molecular complexity index is 649. The zero-order valence-electron chi connectivity index (χ0n) is 17.4. The van der Waals surface area contributed by atoms with Crippen LogP contribution in [0.25, 0.3) is 6.08 Å². The molecule has 1 saturated heterocycles. The Morgan fingerprint density at radius 1 is 1.18 bits per heavy atom. The van der Waals surface area contributed by atoms with Crippen LogP contribution in [0.3, 0.4) is 0 Å². The molecule has 3 atom stereocenters. The number of allylic oxidation sites excluding steroid dienone is 1. The van der Waals surface area contributed by atoms with E-state index in [9.17, 15) is 9.90 Å². The predicted molar refractivity (Wildman–Crippen MR) is 115 cm³/mol. The van der Waals surface area contributed by atoms with E-state index < -0.39 is 0 Å². The molecule has 1 aliphatic carbocycles. The number of hydrogen-bond acceptors (Lipinski definition) is 3. The molecule has 0 radical (unpaired) electrons. The second kappa shape index (κ2) is 10.2. The first-order chi connectivity index (χ1) is 13.7. The quantitative estimate of drug-likeness (QED) is 0.713. The van der Waals surface area contributed by atoms with Crippen LogP contribution in [-0.2, 0) is 4.79 Å². The van der Waals surface area contributed by atoms with E-state index in [1.165, 1.54) is 43.2 Å². The molecule has 0 aromatic heterocycles. The fourth-order valence-corrected chi connectivity index (χ4v) is 5.02. The summed E-state index contributed by atoms with van der Waals surface area (Å²) >= 11 is 0. The van der Waals surface area contributed by atoms with Crippen LogP contribution < -0.4 is 5.32 Å². The Labute approximate surface area is 170 Å². The minimum Gasteiger partial charge on any atom is -0.395 e. The van der Waals surface area contributed by atoms with Gasteiger partial charge in [-0.15, -0.1) is 0 Å². The van der Waals surface area contributed by atoms with E-state index in [0.717, 1.165) is 12.5 Å². The molecule has 0 spiro atoms. The summed E-state index contributed by atoms with van der Waals surface area (Å²) in [4.78, 5) is 14.3. The Morgan fingerprint density at radius 3 is 2.50 bits per heavy atom. The lowest BCUT2D eigenvalue weighted by atomic mass is 9.73. The maximum atomic E-state index is 11.9. The van der Waals surface area contributed by atoms with Crippen LogP contribution in [-0.4, -0.2) is 47.7 Å². The number of nitrogens with one attached hydrogen (secondary N) is 1. The Hall–Kier alpha value is -1.65. The van der Waals surface area contributed by atoms with Gasteiger partial charge >= 0.3 is 0 Å². The van der Waals surface area contributed by atoms with E-state index in [2.05, 4.69) is 40.6 Å². The zero-order valence-corrected chi connectivity index (χ0v) is 17.4. The van der Waals surface area contributed by atoms with E-state index in [0.29, 0.717) is 13.0 Å². The highest BCUT2D eigenvalue weighted by atomic mass is 16.3. The molecule has 1 aromatic carbocycles. The van der Waals surface area contributed by atoms with Crippen LogP contribution >= 0.6 is 0 Å². The number of rotatable bonds is 8. The van der Waals surface area contributed by atoms with Gasteiger partial charge in [0.15, 0.2) is 0 Å². The van der Waals surface area contributed by atoms with Crippen LogP contribution in [0.5, 0.6) is 0 Å². The summed E-state index contributed by atoms with van der Waals surface area (Å²) < 4.78 is 0. The van der Waals surface area contributed by atoms with Gasteiger partial charge in [-0.25, -0.2) is 0 Å². The first kappa shape index (κ1) is 21.1. The second-order valence-electron chi connectivity index (χ2n) is 8.37. The molecule has 2 N–H and O–H groups in total. The third kappa shape index (κ3) is 4.84. The van der Waals surface area contributed by atoms with E-state index in [1.807, 2.05) is 19.9 Å². The maximum absolute atomic E-state index is 11.9. The highest BCUT2D eigenvalue weighted by molar-refractivity contribution is 5.75. The van der Waals surface area contributed by atoms with Crippen molar-refractivity contribution in [2.75, 3.05) is 19.7 Å². The molecule has 2 aliphatic rings. The topological polar surface area (TPSA) is 52.6 Å². The van der Waals surface area contributed by atoms with Gasteiger partial charge in [-0.05, 0) is 36.8 Å². The first-order valence-corrected chi connectivity index (χ1v) is 11.0. The highest BCUT2D eigenvalue weighted by Gasteiger charge is 2.48. The number of hydrogen-bond donors (Lipinski definition) is 2. The van der Waals surface area contributed by atoms with Gasteiger partial charge in [0, 0.05) is 37.5 Å². The van der Waals surface area contributed by atoms with E-state index in [4.69, 9.17) is 0 Å². The average Bonchev–Trinajstić information content (AvgIpc) is 2.72. The number of carbonyl (C=O) groups excluding carboxylic acids is 1. The first-order valence-electron chi connectivity index (χ1n) is 11.0. The van der Waals surface area contributed by atoms with Gasteiger partial charge in [0.2, 0.25) is 5.91 Å². The van der Waals surface area contributed by atoms with Crippen LogP contribution in [0, 0.1) is 5.92 Å². The number of aliphatic hydroxyl groups excluding tert-OH is 1. The summed E-state index contributed by atoms with van der Waals surface area (Å²) in [6.07, 6.45) is 11.3. The summed E-state index contributed by atoms with van der Waals surface area (Å²) in [6, 6.07) is 9.09. The van der Waals surface area contributed by atoms with Gasteiger partial charge in [0.1, 0.15) is 0 Å². The lowest BCUT2D eigenvalue weighted by Gasteiger charge is -2.56. The maximum Gasteiger partial charge on any atom is 0.219 e. The van der Waals surface area contributed by atoms with E-state index >= 15 is 0 Å². The standard InChI is InChI=1S/C24H36N2O2/c1-3-8-18-11-13-20(14-12-18)24-21(15-25-23(28)4-2)26(22(24)17-27)16-19-9-6-5-7-10-19/h3,8,11-14,19,21-22,24,27H,4-7,9-10,15-17H2,1-2H3,(H,25,28)/b8-3+/t21-,22-,24-/m1/s1. The fraction of sp³-hybridized carbons (Fsp3) is 0.625. The summed E-state index contributed by atoms with van der Waals surface area (Å²) in [6.45, 7) is 5.80. The number of amides is 1. The normalized spacial score (nSPS) is 26.3. The zero-order chi connectivity index (χ0) is 19.9. The molecule has 1 heterocycles. The van der Waals surface area contributed by atoms with Gasteiger partial charge in [-0.2, -0.15) is 0 Å². The van der Waals surface area contributed by atoms with Crippen molar-refractivity contribution < 1.29 is 9.90 Å². The van der Waals surface area contributed by atoms with Crippen molar-refractivity contribution in [1.82, 2.24) is 10.2 Å². The summed E-state index contributed by atoms with van der Waals surface area (Å²) in [7, 11) is 0. The molecule has 1 saturated carbocycles. The van der Waals surface area contributed by atoms with Crippen molar-refractivity contribution >= 4 is 12.0 Å². The molecule has 154 valence electrons. The second-order valence-corrected chi connectivity index (χ2v) is 8.37. The molecular formula is C24H36N2O2. The molecule has 4 nitrogen and oxygen atoms in total. The van der Waals surface area contributed by atoms with Crippen LogP contribution in [0.4, 0.5) is 0 Å². The third-order valence-electron chi connectivity index (χ3n) is 6.57. The van der Waals surface area contributed by atoms with Gasteiger partial charge in [0.05, 0.1) is 6.61 Å². The van der Waals surface area contributed by atoms with Crippen LogP contribution in [0.1, 0.15) is 69.4 Å². The SMILES string of the molecule is C/C=C/c1ccc([C@H]2[C@@H](CO)N(CC3CCCCC3)[C@@H]2CNC(=O)CC)cc1. The van der Waals surface area contributed by atoms with Gasteiger partial charge in [0.25, 0.3) is 0 Å². The molecule has 3 rings (SSSR count). The lowest BCUT2D eigenvalue weighted by molar-refractivity contribution is -0.122. The summed E-state index contributed by atoms with van der Waals surface area (Å²) in [5.41, 5.74) is 2.46. The highest BCUT2D eigenvalue weighted by Crippen LogP contribution is 2.42. The van der Waals surface area contributed by atoms with Crippen molar-refractivity contribution in [3.8, 4) is 0 Å². The van der Waals surface area contributed by atoms with Gasteiger partial charge in [-0.3, -0.25) is 9.69 Å². The molecule has 1 amide bonds. The van der Waals surface area contributed by atoms with Gasteiger partial charge in [-0.1, -0.05) is 62.6 Å². The number of benzene rings is 1. The van der Waals surface area contributed by atoms with Crippen LogP contribution in [0.15, 0.2) is 30.3 Å². The number of carbonyl (C=O) groups is 1. The smallest absolute Gasteiger partial charge is 0.219 e. The molecule has 2 fully saturated rings. The van der Waals surface area contributed by atoms with Crippen LogP contribution in [0.2, 0.25) is 0 Å². The van der Waals surface area contributed by atoms with Crippen molar-refractivity contribution in [2.45, 2.75) is 70.4 Å².